The molecule has 0 aromatic carbocycles. The van der Waals surface area contributed by atoms with E-state index in [1.54, 1.807) is 0 Å². The van der Waals surface area contributed by atoms with Gasteiger partial charge in [-0.3, -0.25) is 0 Å². The number of hydrogen-bond donors (Lipinski definition) is 0. The molecule has 10 heavy (non-hydrogen) atoms. The fourth-order valence-corrected chi connectivity index (χ4v) is 6.10. The van der Waals surface area contributed by atoms with E-state index in [4.69, 9.17) is 0 Å². The van der Waals surface area contributed by atoms with Crippen molar-refractivity contribution in [1.82, 2.24) is 0 Å². The van der Waals surface area contributed by atoms with Gasteiger partial charge in [0.05, 0.1) is 0 Å². The zero-order chi connectivity index (χ0) is 8.15. The molecule has 0 atom stereocenters. The molecule has 1 aliphatic heterocycles. The Labute approximate surface area is 60.1 Å². The summed E-state index contributed by atoms with van der Waals surface area (Å²) in [7, 11) is -6.67. The maximum absolute atomic E-state index is 10.8. The SMILES string of the molecule is CC1S(=O)(=O)C(C)S1(=O)=O. The predicted octanol–water partition coefficient (Wildman–Crippen LogP) is -0.478. The molecule has 60 valence electrons. The number of rotatable bonds is 0. The third-order valence-electron chi connectivity index (χ3n) is 1.85. The maximum atomic E-state index is 10.8. The maximum Gasteiger partial charge on any atom is 0.184 e. The predicted molar refractivity (Wildman–Crippen MR) is 36.8 cm³/mol. The van der Waals surface area contributed by atoms with Crippen LogP contribution in [0.4, 0.5) is 0 Å². The molecule has 0 aromatic heterocycles. The van der Waals surface area contributed by atoms with Gasteiger partial charge in [0.1, 0.15) is 0 Å². The summed E-state index contributed by atoms with van der Waals surface area (Å²) in [4.78, 5) is 0. The molecule has 0 aliphatic carbocycles. The zero-order valence-electron chi connectivity index (χ0n) is 5.60. The molecule has 0 unspecified atom stereocenters. The van der Waals surface area contributed by atoms with Gasteiger partial charge < -0.3 is 0 Å². The fraction of sp³-hybridized carbons (Fsp3) is 1.00. The summed E-state index contributed by atoms with van der Waals surface area (Å²) in [5.74, 6) is 0. The summed E-state index contributed by atoms with van der Waals surface area (Å²) in [5, 5.41) is 0. The highest BCUT2D eigenvalue weighted by Crippen LogP contribution is 2.32. The third kappa shape index (κ3) is 0.658. The Kier molecular flexibility index (Phi) is 1.39. The van der Waals surface area contributed by atoms with Crippen LogP contribution >= 0.6 is 0 Å². The molecule has 0 saturated carbocycles. The first-order valence-corrected chi connectivity index (χ1v) is 5.98. The van der Waals surface area contributed by atoms with Gasteiger partial charge in [-0.05, 0) is 13.8 Å². The average molecular weight is 184 g/mol. The highest BCUT2D eigenvalue weighted by Gasteiger charge is 2.55. The molecule has 0 radical (unpaired) electrons. The van der Waals surface area contributed by atoms with Crippen LogP contribution in [0, 0.1) is 0 Å². The van der Waals surface area contributed by atoms with Crippen LogP contribution < -0.4 is 0 Å². The lowest BCUT2D eigenvalue weighted by Crippen LogP contribution is -2.52. The van der Waals surface area contributed by atoms with Crippen LogP contribution in [0.3, 0.4) is 0 Å². The quantitative estimate of drug-likeness (QED) is 0.510. The van der Waals surface area contributed by atoms with Gasteiger partial charge in [-0.2, -0.15) is 0 Å². The van der Waals surface area contributed by atoms with E-state index >= 15 is 0 Å². The van der Waals surface area contributed by atoms with Gasteiger partial charge in [-0.25, -0.2) is 16.8 Å². The molecule has 1 saturated heterocycles. The molecule has 0 bridgehead atoms. The van der Waals surface area contributed by atoms with Crippen molar-refractivity contribution in [2.45, 2.75) is 23.0 Å². The first-order chi connectivity index (χ1) is 4.31. The summed E-state index contributed by atoms with van der Waals surface area (Å²) in [6, 6.07) is 0. The van der Waals surface area contributed by atoms with Crippen LogP contribution in [0.15, 0.2) is 0 Å². The van der Waals surface area contributed by atoms with E-state index in [0.29, 0.717) is 0 Å². The average Bonchev–Trinajstić information content (AvgIpc) is 1.84. The summed E-state index contributed by atoms with van der Waals surface area (Å²) < 4.78 is 40.8. The largest absolute Gasteiger partial charge is 0.226 e. The van der Waals surface area contributed by atoms with E-state index < -0.39 is 28.8 Å². The van der Waals surface area contributed by atoms with Gasteiger partial charge >= 0.3 is 0 Å². The van der Waals surface area contributed by atoms with Gasteiger partial charge in [0.25, 0.3) is 0 Å². The van der Waals surface area contributed by atoms with Crippen molar-refractivity contribution in [3.63, 3.8) is 0 Å². The van der Waals surface area contributed by atoms with E-state index in [0.717, 1.165) is 0 Å². The van der Waals surface area contributed by atoms with E-state index in [-0.39, 0.29) is 0 Å². The Bertz CT molecular complexity index is 279. The number of hydrogen-bond acceptors (Lipinski definition) is 4. The topological polar surface area (TPSA) is 68.3 Å². The van der Waals surface area contributed by atoms with Crippen molar-refractivity contribution < 1.29 is 16.8 Å². The minimum Gasteiger partial charge on any atom is -0.226 e. The smallest absolute Gasteiger partial charge is 0.184 e. The third-order valence-corrected chi connectivity index (χ3v) is 8.77. The van der Waals surface area contributed by atoms with E-state index in [9.17, 15) is 16.8 Å². The van der Waals surface area contributed by atoms with Crippen molar-refractivity contribution >= 4 is 19.7 Å². The van der Waals surface area contributed by atoms with E-state index in [2.05, 4.69) is 0 Å². The molecule has 1 aliphatic rings. The standard InChI is InChI=1S/C4H8O4S2/c1-3-9(5,6)4(2)10(3,7)8/h3-4H,1-2H3. The molecule has 0 aromatic rings. The van der Waals surface area contributed by atoms with Crippen LogP contribution in [0.1, 0.15) is 13.8 Å². The van der Waals surface area contributed by atoms with Gasteiger partial charge in [0, 0.05) is 0 Å². The molecule has 1 rings (SSSR count). The summed E-state index contributed by atoms with van der Waals surface area (Å²) in [6.45, 7) is 2.40. The Morgan fingerprint density at radius 1 is 0.800 bits per heavy atom. The Balaban J connectivity index is 3.26. The summed E-state index contributed by atoms with van der Waals surface area (Å²) in [6.07, 6.45) is 0. The van der Waals surface area contributed by atoms with Crippen molar-refractivity contribution in [3.05, 3.63) is 0 Å². The lowest BCUT2D eigenvalue weighted by Gasteiger charge is -2.29. The minimum atomic E-state index is -3.33. The van der Waals surface area contributed by atoms with E-state index in [1.165, 1.54) is 13.8 Å². The second-order valence-electron chi connectivity index (χ2n) is 2.31. The van der Waals surface area contributed by atoms with Gasteiger partial charge in [0.15, 0.2) is 28.8 Å². The minimum absolute atomic E-state index is 1.19. The van der Waals surface area contributed by atoms with Crippen molar-refractivity contribution in [2.75, 3.05) is 0 Å². The first-order valence-electron chi connectivity index (χ1n) is 2.76. The molecular weight excluding hydrogens is 176 g/mol. The lowest BCUT2D eigenvalue weighted by molar-refractivity contribution is 0.554. The normalized spacial score (nSPS) is 42.2. The van der Waals surface area contributed by atoms with Crippen LogP contribution in [-0.4, -0.2) is 26.0 Å². The molecule has 0 N–H and O–H groups in total. The Morgan fingerprint density at radius 2 is 1.00 bits per heavy atom. The van der Waals surface area contributed by atoms with Crippen molar-refractivity contribution in [1.29, 1.82) is 0 Å². The summed E-state index contributed by atoms with van der Waals surface area (Å²) >= 11 is 0. The van der Waals surface area contributed by atoms with Crippen LogP contribution in [0.2, 0.25) is 0 Å². The van der Waals surface area contributed by atoms with E-state index in [1.807, 2.05) is 0 Å². The highest BCUT2D eigenvalue weighted by molar-refractivity contribution is 8.25. The lowest BCUT2D eigenvalue weighted by atomic mass is 10.9. The molecule has 4 nitrogen and oxygen atoms in total. The van der Waals surface area contributed by atoms with Crippen LogP contribution in [-0.2, 0) is 19.7 Å². The molecule has 1 fully saturated rings. The molecule has 0 spiro atoms. The molecule has 1 heterocycles. The van der Waals surface area contributed by atoms with Crippen LogP contribution in [0.5, 0.6) is 0 Å². The van der Waals surface area contributed by atoms with Gasteiger partial charge in [-0.1, -0.05) is 0 Å². The summed E-state index contributed by atoms with van der Waals surface area (Å²) in [5.41, 5.74) is 0. The molecule has 6 heteroatoms. The van der Waals surface area contributed by atoms with Gasteiger partial charge in [-0.15, -0.1) is 0 Å². The second kappa shape index (κ2) is 1.73. The Hall–Kier alpha value is -0.100. The van der Waals surface area contributed by atoms with Crippen molar-refractivity contribution in [2.24, 2.45) is 0 Å². The molecular formula is C4H8O4S2. The second-order valence-corrected chi connectivity index (χ2v) is 8.09. The highest BCUT2D eigenvalue weighted by atomic mass is 32.3. The Morgan fingerprint density at radius 3 is 1.10 bits per heavy atom. The zero-order valence-corrected chi connectivity index (χ0v) is 7.24. The van der Waals surface area contributed by atoms with Crippen LogP contribution in [0.25, 0.3) is 0 Å². The first kappa shape index (κ1) is 8.00. The fourth-order valence-electron chi connectivity index (χ4n) is 0.860. The molecule has 0 amide bonds. The number of sulfone groups is 2. The van der Waals surface area contributed by atoms with Crippen molar-refractivity contribution in [3.8, 4) is 0 Å². The monoisotopic (exact) mass is 184 g/mol. The van der Waals surface area contributed by atoms with Gasteiger partial charge in [0.2, 0.25) is 0 Å².